The predicted molar refractivity (Wildman–Crippen MR) is 73.5 cm³/mol. The molecule has 2 aliphatic rings. The summed E-state index contributed by atoms with van der Waals surface area (Å²) in [6.45, 7) is 0.531. The van der Waals surface area contributed by atoms with Gasteiger partial charge in [-0.2, -0.15) is 0 Å². The van der Waals surface area contributed by atoms with E-state index >= 15 is 0 Å². The molecule has 3 heterocycles. The number of aromatic nitrogens is 2. The number of carboxylic acid groups (broad SMARTS) is 1. The van der Waals surface area contributed by atoms with Gasteiger partial charge in [-0.3, -0.25) is 9.36 Å². The molecule has 0 bridgehead atoms. The lowest BCUT2D eigenvalue weighted by atomic mass is 10.1. The molecule has 1 atom stereocenters. The molecule has 1 aromatic carbocycles. The van der Waals surface area contributed by atoms with E-state index in [1.54, 1.807) is 9.47 Å². The Hall–Kier alpha value is -2.70. The molecule has 7 heteroatoms. The van der Waals surface area contributed by atoms with E-state index in [4.69, 9.17) is 0 Å². The summed E-state index contributed by atoms with van der Waals surface area (Å²) >= 11 is 0. The lowest BCUT2D eigenvalue weighted by molar-refractivity contribution is 0.0673. The number of halogens is 1. The van der Waals surface area contributed by atoms with Crippen LogP contribution in [0.15, 0.2) is 24.5 Å². The average Bonchev–Trinajstić information content (AvgIpc) is 3.10. The molecule has 4 rings (SSSR count). The number of imidazole rings is 1. The topological polar surface area (TPSA) is 75.4 Å². The van der Waals surface area contributed by atoms with Crippen molar-refractivity contribution >= 4 is 11.9 Å². The Bertz CT molecular complexity index is 814. The Kier molecular flexibility index (Phi) is 2.60. The number of hydrogen-bond donors (Lipinski definition) is 1. The van der Waals surface area contributed by atoms with Crippen molar-refractivity contribution in [3.63, 3.8) is 0 Å². The highest BCUT2D eigenvalue weighted by Crippen LogP contribution is 2.39. The first kappa shape index (κ1) is 13.0. The van der Waals surface area contributed by atoms with Crippen LogP contribution in [0, 0.1) is 5.82 Å². The van der Waals surface area contributed by atoms with Crippen LogP contribution in [-0.4, -0.2) is 38.0 Å². The van der Waals surface area contributed by atoms with Gasteiger partial charge < -0.3 is 10.0 Å². The molecule has 0 spiro atoms. The monoisotopic (exact) mass is 301 g/mol. The standard InChI is InChI=1S/C15H12FN3O3/c16-8-3-4-10-9(6-8)14(20)18-5-1-2-11(18)13-12(15(21)22)17-7-19(10)13/h3-4,6-7,11H,1-2,5H2,(H,21,22)/t11-/m0/s1. The first-order chi connectivity index (χ1) is 10.6. The third-order valence-electron chi connectivity index (χ3n) is 4.28. The first-order valence-corrected chi connectivity index (χ1v) is 6.99. The highest BCUT2D eigenvalue weighted by Gasteiger charge is 2.40. The Balaban J connectivity index is 2.05. The van der Waals surface area contributed by atoms with Crippen molar-refractivity contribution in [2.75, 3.05) is 6.54 Å². The van der Waals surface area contributed by atoms with Crippen molar-refractivity contribution in [2.45, 2.75) is 18.9 Å². The zero-order valence-corrected chi connectivity index (χ0v) is 11.5. The van der Waals surface area contributed by atoms with Crippen molar-refractivity contribution in [1.82, 2.24) is 14.5 Å². The second-order valence-corrected chi connectivity index (χ2v) is 5.47. The maximum atomic E-state index is 13.6. The molecule has 2 aromatic rings. The molecular formula is C15H12FN3O3. The molecule has 0 unspecified atom stereocenters. The Morgan fingerprint density at radius 1 is 1.41 bits per heavy atom. The van der Waals surface area contributed by atoms with Crippen LogP contribution in [0.25, 0.3) is 5.69 Å². The van der Waals surface area contributed by atoms with E-state index in [0.717, 1.165) is 6.42 Å². The van der Waals surface area contributed by atoms with Crippen molar-refractivity contribution in [1.29, 1.82) is 0 Å². The Labute approximate surface area is 124 Å². The minimum Gasteiger partial charge on any atom is -0.476 e. The van der Waals surface area contributed by atoms with Gasteiger partial charge in [0, 0.05) is 6.54 Å². The van der Waals surface area contributed by atoms with E-state index in [1.807, 2.05) is 0 Å². The minimum atomic E-state index is -1.13. The van der Waals surface area contributed by atoms with Crippen LogP contribution < -0.4 is 0 Å². The number of nitrogens with zero attached hydrogens (tertiary/aromatic N) is 3. The van der Waals surface area contributed by atoms with Gasteiger partial charge in [-0.25, -0.2) is 14.2 Å². The van der Waals surface area contributed by atoms with Gasteiger partial charge in [0.15, 0.2) is 5.69 Å². The molecule has 1 amide bonds. The quantitative estimate of drug-likeness (QED) is 0.874. The predicted octanol–water partition coefficient (Wildman–Crippen LogP) is 2.00. The highest BCUT2D eigenvalue weighted by molar-refractivity contribution is 5.99. The molecular weight excluding hydrogens is 289 g/mol. The van der Waals surface area contributed by atoms with Gasteiger partial charge in [0.1, 0.15) is 12.1 Å². The minimum absolute atomic E-state index is 0.0538. The maximum absolute atomic E-state index is 13.6. The van der Waals surface area contributed by atoms with Gasteiger partial charge >= 0.3 is 5.97 Å². The normalized spacial score (nSPS) is 19.4. The number of carbonyl (C=O) groups excluding carboxylic acids is 1. The lowest BCUT2D eigenvalue weighted by Gasteiger charge is -2.22. The second-order valence-electron chi connectivity index (χ2n) is 5.47. The largest absolute Gasteiger partial charge is 0.476 e. The van der Waals surface area contributed by atoms with Gasteiger partial charge in [0.25, 0.3) is 5.91 Å². The number of aromatic carboxylic acids is 1. The zero-order valence-electron chi connectivity index (χ0n) is 11.5. The molecule has 22 heavy (non-hydrogen) atoms. The van der Waals surface area contributed by atoms with Crippen molar-refractivity contribution in [3.05, 3.63) is 47.3 Å². The number of rotatable bonds is 1. The van der Waals surface area contributed by atoms with Crippen LogP contribution in [0.3, 0.4) is 0 Å². The highest BCUT2D eigenvalue weighted by atomic mass is 19.1. The molecule has 0 aliphatic carbocycles. The number of benzene rings is 1. The number of carbonyl (C=O) groups is 2. The third kappa shape index (κ3) is 1.62. The van der Waals surface area contributed by atoms with Gasteiger partial charge in [0.2, 0.25) is 0 Å². The van der Waals surface area contributed by atoms with E-state index in [-0.39, 0.29) is 23.2 Å². The third-order valence-corrected chi connectivity index (χ3v) is 4.28. The van der Waals surface area contributed by atoms with Gasteiger partial charge in [-0.05, 0) is 31.0 Å². The molecule has 112 valence electrons. The fraction of sp³-hybridized carbons (Fsp3) is 0.267. The number of amides is 1. The smallest absolute Gasteiger partial charge is 0.356 e. The van der Waals surface area contributed by atoms with E-state index in [2.05, 4.69) is 4.98 Å². The van der Waals surface area contributed by atoms with Gasteiger partial charge in [0.05, 0.1) is 23.0 Å². The fourth-order valence-electron chi connectivity index (χ4n) is 3.37. The number of fused-ring (bicyclic) bond motifs is 5. The van der Waals surface area contributed by atoms with Crippen LogP contribution in [0.2, 0.25) is 0 Å². The zero-order chi connectivity index (χ0) is 15.4. The number of hydrogen-bond acceptors (Lipinski definition) is 3. The molecule has 1 aromatic heterocycles. The summed E-state index contributed by atoms with van der Waals surface area (Å²) in [4.78, 5) is 29.7. The summed E-state index contributed by atoms with van der Waals surface area (Å²) in [5.74, 6) is -1.89. The van der Waals surface area contributed by atoms with Crippen LogP contribution in [0.4, 0.5) is 4.39 Å². The summed E-state index contributed by atoms with van der Waals surface area (Å²) in [5.41, 5.74) is 1.14. The van der Waals surface area contributed by atoms with Crippen molar-refractivity contribution in [2.24, 2.45) is 0 Å². The maximum Gasteiger partial charge on any atom is 0.356 e. The molecule has 0 saturated carbocycles. The van der Waals surface area contributed by atoms with E-state index in [9.17, 15) is 19.1 Å². The molecule has 6 nitrogen and oxygen atoms in total. The summed E-state index contributed by atoms with van der Waals surface area (Å²) < 4.78 is 15.2. The number of carboxylic acids is 1. The van der Waals surface area contributed by atoms with Crippen LogP contribution in [0.5, 0.6) is 0 Å². The molecule has 0 radical (unpaired) electrons. The van der Waals surface area contributed by atoms with Gasteiger partial charge in [-0.15, -0.1) is 0 Å². The fourth-order valence-corrected chi connectivity index (χ4v) is 3.37. The van der Waals surface area contributed by atoms with Crippen molar-refractivity contribution < 1.29 is 19.1 Å². The molecule has 1 saturated heterocycles. The van der Waals surface area contributed by atoms with E-state index in [1.165, 1.54) is 24.5 Å². The van der Waals surface area contributed by atoms with Gasteiger partial charge in [-0.1, -0.05) is 0 Å². The summed E-state index contributed by atoms with van der Waals surface area (Å²) in [5, 5.41) is 9.36. The van der Waals surface area contributed by atoms with Crippen LogP contribution in [0.1, 0.15) is 45.4 Å². The summed E-state index contributed by atoms with van der Waals surface area (Å²) in [6.07, 6.45) is 2.85. The Morgan fingerprint density at radius 2 is 2.23 bits per heavy atom. The molecule has 1 N–H and O–H groups in total. The van der Waals surface area contributed by atoms with E-state index in [0.29, 0.717) is 24.3 Å². The Morgan fingerprint density at radius 3 is 3.00 bits per heavy atom. The van der Waals surface area contributed by atoms with Crippen LogP contribution in [-0.2, 0) is 0 Å². The summed E-state index contributed by atoms with van der Waals surface area (Å²) in [6, 6.07) is 3.60. The molecule has 2 aliphatic heterocycles. The summed E-state index contributed by atoms with van der Waals surface area (Å²) in [7, 11) is 0. The first-order valence-electron chi connectivity index (χ1n) is 6.99. The molecule has 1 fully saturated rings. The SMILES string of the molecule is O=C(O)c1ncn2c1[C@@H]1CCCN1C(=O)c1cc(F)ccc1-2. The lowest BCUT2D eigenvalue weighted by Crippen LogP contribution is -2.30. The van der Waals surface area contributed by atoms with Crippen LogP contribution >= 0.6 is 0 Å². The average molecular weight is 301 g/mol. The van der Waals surface area contributed by atoms with Crippen molar-refractivity contribution in [3.8, 4) is 5.69 Å². The second kappa shape index (κ2) is 4.40. The van der Waals surface area contributed by atoms with E-state index < -0.39 is 11.8 Å².